The smallest absolute Gasteiger partial charge is 0.327 e. The molecule has 11 nitrogen and oxygen atoms in total. The van der Waals surface area contributed by atoms with Gasteiger partial charge in [0.15, 0.2) is 0 Å². The fourth-order valence-electron chi connectivity index (χ4n) is 5.13. The molecule has 0 spiro atoms. The van der Waals surface area contributed by atoms with Crippen molar-refractivity contribution in [1.29, 1.82) is 0 Å². The van der Waals surface area contributed by atoms with Crippen LogP contribution in [0.2, 0.25) is 5.02 Å². The molecule has 228 valence electrons. The second-order valence-electron chi connectivity index (χ2n) is 10.4. The average molecular weight is 647 g/mol. The number of fused-ring (bicyclic) bond motifs is 1. The Morgan fingerprint density at radius 1 is 1.14 bits per heavy atom. The molecule has 2 aromatic carbocycles. The monoisotopic (exact) mass is 646 g/mol. The fraction of sp³-hybridized carbons (Fsp3) is 0.379. The highest BCUT2D eigenvalue weighted by Crippen LogP contribution is 2.33. The quantitative estimate of drug-likeness (QED) is 0.275. The molecule has 5 rings (SSSR count). The van der Waals surface area contributed by atoms with Crippen LogP contribution in [-0.2, 0) is 35.7 Å². The lowest BCUT2D eigenvalue weighted by atomic mass is 9.98. The van der Waals surface area contributed by atoms with E-state index in [-0.39, 0.29) is 29.2 Å². The van der Waals surface area contributed by atoms with E-state index in [0.717, 1.165) is 21.2 Å². The number of hydrogen-bond acceptors (Lipinski definition) is 9. The number of carbonyl (C=O) groups is 3. The van der Waals surface area contributed by atoms with E-state index in [1.165, 1.54) is 11.0 Å². The SMILES string of the molecule is CCOC(=O)C1CCN(N=Cc2ccc(CN3C(=O)CN(S(=O)(=O)c4cc5ccc(Cl)cc5s4)C[C@@H]3C(=O)O)cc2)CC1. The molecule has 2 aliphatic heterocycles. The molecule has 1 atom stereocenters. The molecule has 0 bridgehead atoms. The van der Waals surface area contributed by atoms with Crippen LogP contribution in [0.15, 0.2) is 57.8 Å². The second kappa shape index (κ2) is 13.0. The maximum Gasteiger partial charge on any atom is 0.327 e. The van der Waals surface area contributed by atoms with Crippen molar-refractivity contribution >= 4 is 67.1 Å². The molecule has 14 heteroatoms. The van der Waals surface area contributed by atoms with Gasteiger partial charge in [-0.15, -0.1) is 11.3 Å². The van der Waals surface area contributed by atoms with Crippen molar-refractivity contribution < 1.29 is 32.6 Å². The number of piperidine rings is 1. The summed E-state index contributed by atoms with van der Waals surface area (Å²) in [7, 11) is -4.11. The van der Waals surface area contributed by atoms with Crippen molar-refractivity contribution in [2.75, 3.05) is 32.8 Å². The van der Waals surface area contributed by atoms with Gasteiger partial charge in [-0.2, -0.15) is 9.41 Å². The van der Waals surface area contributed by atoms with Crippen LogP contribution in [0.1, 0.15) is 30.9 Å². The van der Waals surface area contributed by atoms with Crippen LogP contribution in [0.3, 0.4) is 0 Å². The summed E-state index contributed by atoms with van der Waals surface area (Å²) in [5, 5.41) is 17.5. The van der Waals surface area contributed by atoms with E-state index in [1.54, 1.807) is 43.5 Å². The molecule has 1 aromatic heterocycles. The lowest BCUT2D eigenvalue weighted by Crippen LogP contribution is -2.59. The lowest BCUT2D eigenvalue weighted by molar-refractivity contribution is -0.154. The zero-order valence-electron chi connectivity index (χ0n) is 23.4. The van der Waals surface area contributed by atoms with Crippen LogP contribution in [0.5, 0.6) is 0 Å². The number of hydrazone groups is 1. The molecule has 1 N–H and O–H groups in total. The van der Waals surface area contributed by atoms with E-state index in [4.69, 9.17) is 16.3 Å². The zero-order valence-corrected chi connectivity index (χ0v) is 25.8. The molecule has 0 saturated carbocycles. The molecule has 0 unspecified atom stereocenters. The van der Waals surface area contributed by atoms with Gasteiger partial charge >= 0.3 is 11.9 Å². The molecule has 2 fully saturated rings. The van der Waals surface area contributed by atoms with E-state index < -0.39 is 34.5 Å². The van der Waals surface area contributed by atoms with Gasteiger partial charge < -0.3 is 14.7 Å². The van der Waals surface area contributed by atoms with Crippen LogP contribution < -0.4 is 0 Å². The van der Waals surface area contributed by atoms with Gasteiger partial charge in [0.25, 0.3) is 10.0 Å². The number of halogens is 1. The highest BCUT2D eigenvalue weighted by Gasteiger charge is 2.42. The number of piperazine rings is 1. The number of aliphatic carboxylic acids is 1. The Hall–Kier alpha value is -3.52. The minimum Gasteiger partial charge on any atom is -0.480 e. The predicted octanol–water partition coefficient (Wildman–Crippen LogP) is 3.65. The van der Waals surface area contributed by atoms with Gasteiger partial charge in [-0.1, -0.05) is 41.9 Å². The number of nitrogens with zero attached hydrogens (tertiary/aromatic N) is 4. The molecule has 3 aromatic rings. The van der Waals surface area contributed by atoms with E-state index >= 15 is 0 Å². The molecule has 43 heavy (non-hydrogen) atoms. The van der Waals surface area contributed by atoms with Gasteiger partial charge in [-0.05, 0) is 54.5 Å². The first-order valence-corrected chi connectivity index (χ1v) is 16.4. The largest absolute Gasteiger partial charge is 0.480 e. The van der Waals surface area contributed by atoms with Gasteiger partial charge in [0.05, 0.1) is 25.3 Å². The van der Waals surface area contributed by atoms with Crippen molar-refractivity contribution in [3.8, 4) is 0 Å². The lowest BCUT2D eigenvalue weighted by Gasteiger charge is -2.38. The van der Waals surface area contributed by atoms with Crippen molar-refractivity contribution in [2.45, 2.75) is 36.6 Å². The summed E-state index contributed by atoms with van der Waals surface area (Å²) in [5.74, 6) is -2.13. The zero-order chi connectivity index (χ0) is 30.7. The Morgan fingerprint density at radius 3 is 2.53 bits per heavy atom. The third kappa shape index (κ3) is 7.01. The van der Waals surface area contributed by atoms with Crippen molar-refractivity contribution in [2.24, 2.45) is 11.0 Å². The summed E-state index contributed by atoms with van der Waals surface area (Å²) in [6.45, 7) is 2.66. The molecule has 2 aliphatic rings. The van der Waals surface area contributed by atoms with Gasteiger partial charge in [-0.3, -0.25) is 14.6 Å². The van der Waals surface area contributed by atoms with E-state index in [9.17, 15) is 27.9 Å². The normalized spacial score (nSPS) is 18.9. The van der Waals surface area contributed by atoms with Gasteiger partial charge in [0.2, 0.25) is 5.91 Å². The molecular formula is C29H31ClN4O7S2. The average Bonchev–Trinajstić information content (AvgIpc) is 3.42. The minimum absolute atomic E-state index is 0.0177. The Morgan fingerprint density at radius 2 is 1.86 bits per heavy atom. The Balaban J connectivity index is 1.22. The van der Waals surface area contributed by atoms with Crippen molar-refractivity contribution in [3.05, 3.63) is 64.7 Å². The summed E-state index contributed by atoms with van der Waals surface area (Å²) < 4.78 is 33.6. The Labute approximate surface area is 258 Å². The highest BCUT2D eigenvalue weighted by molar-refractivity contribution is 7.91. The molecule has 0 aliphatic carbocycles. The topological polar surface area (TPSA) is 137 Å². The first-order chi connectivity index (χ1) is 20.5. The molecule has 3 heterocycles. The van der Waals surface area contributed by atoms with Crippen molar-refractivity contribution in [3.63, 3.8) is 0 Å². The van der Waals surface area contributed by atoms with Gasteiger partial charge in [0, 0.05) is 35.9 Å². The summed E-state index contributed by atoms with van der Waals surface area (Å²) >= 11 is 7.06. The number of sulfonamides is 1. The van der Waals surface area contributed by atoms with Gasteiger partial charge in [-0.25, -0.2) is 13.2 Å². The predicted molar refractivity (Wildman–Crippen MR) is 163 cm³/mol. The van der Waals surface area contributed by atoms with Crippen LogP contribution in [0, 0.1) is 5.92 Å². The summed E-state index contributed by atoms with van der Waals surface area (Å²) in [4.78, 5) is 38.5. The first kappa shape index (κ1) is 30.9. The number of benzene rings is 2. The number of carbonyl (C=O) groups excluding carboxylic acids is 2. The van der Waals surface area contributed by atoms with Crippen LogP contribution in [0.25, 0.3) is 10.1 Å². The van der Waals surface area contributed by atoms with E-state index in [2.05, 4.69) is 5.10 Å². The number of hydrogen-bond donors (Lipinski definition) is 1. The second-order valence-corrected chi connectivity index (χ2v) is 14.1. The maximum absolute atomic E-state index is 13.4. The van der Waals surface area contributed by atoms with Crippen LogP contribution in [-0.4, -0.2) is 90.6 Å². The Bertz CT molecular complexity index is 1650. The first-order valence-electron chi connectivity index (χ1n) is 13.8. The number of ether oxygens (including phenoxy) is 1. The van der Waals surface area contributed by atoms with E-state index in [1.807, 2.05) is 17.1 Å². The molecule has 0 radical (unpaired) electrons. The standard InChI is InChI=1S/C29H31ClN4O7S2/c1-2-41-29(38)21-9-11-32(12-10-21)31-15-19-3-5-20(6-4-19)16-34-24(28(36)37)17-33(18-26(34)35)43(39,40)27-13-22-7-8-23(30)14-25(22)42-27/h3-8,13-15,21,24H,2,9-12,16-18H2,1H3,(H,36,37)/t24-/m1/s1. The minimum atomic E-state index is -4.11. The number of carboxylic acids is 1. The number of thiophene rings is 1. The summed E-state index contributed by atoms with van der Waals surface area (Å²) in [6, 6.07) is 12.4. The molecule has 2 saturated heterocycles. The fourth-order valence-corrected chi connectivity index (χ4v) is 8.36. The molecular weight excluding hydrogens is 616 g/mol. The number of carboxylic acid groups (broad SMARTS) is 1. The van der Waals surface area contributed by atoms with Gasteiger partial charge in [0.1, 0.15) is 10.3 Å². The number of rotatable bonds is 9. The third-order valence-corrected chi connectivity index (χ3v) is 11.1. The summed E-state index contributed by atoms with van der Waals surface area (Å²) in [6.07, 6.45) is 3.08. The van der Waals surface area contributed by atoms with Crippen LogP contribution >= 0.6 is 22.9 Å². The summed E-state index contributed by atoms with van der Waals surface area (Å²) in [5.41, 5.74) is 1.52. The number of esters is 1. The van der Waals surface area contributed by atoms with Crippen LogP contribution in [0.4, 0.5) is 0 Å². The van der Waals surface area contributed by atoms with Crippen molar-refractivity contribution in [1.82, 2.24) is 14.2 Å². The third-order valence-electron chi connectivity index (χ3n) is 7.52. The maximum atomic E-state index is 13.4. The number of amides is 1. The van der Waals surface area contributed by atoms with E-state index in [0.29, 0.717) is 53.2 Å². The highest BCUT2D eigenvalue weighted by atomic mass is 35.5. The Kier molecular flexibility index (Phi) is 9.35. The molecule has 1 amide bonds.